The van der Waals surface area contributed by atoms with Gasteiger partial charge in [0, 0.05) is 18.3 Å². The number of rotatable bonds is 14. The molecule has 0 bridgehead atoms. The van der Waals surface area contributed by atoms with E-state index in [0.29, 0.717) is 31.5 Å². The second-order valence-corrected chi connectivity index (χ2v) is 6.59. The summed E-state index contributed by atoms with van der Waals surface area (Å²) in [5, 5.41) is 24.9. The number of hydrogen-bond donors (Lipinski definition) is 8. The molecule has 13 heteroatoms. The highest BCUT2D eigenvalue weighted by molar-refractivity contribution is 5.93. The molecule has 0 aromatic carbocycles. The molecule has 0 spiro atoms. The third-order valence-corrected chi connectivity index (χ3v) is 4.15. The van der Waals surface area contributed by atoms with Gasteiger partial charge in [0.05, 0.1) is 19.0 Å². The zero-order valence-corrected chi connectivity index (χ0v) is 16.5. The first kappa shape index (κ1) is 25.0. The maximum absolute atomic E-state index is 12.7. The van der Waals surface area contributed by atoms with Gasteiger partial charge >= 0.3 is 5.97 Å². The quantitative estimate of drug-likeness (QED) is 0.138. The van der Waals surface area contributed by atoms with Crippen LogP contribution in [-0.2, 0) is 25.6 Å². The summed E-state index contributed by atoms with van der Waals surface area (Å²) in [6.07, 6.45) is 4.65. The number of nitrogens with zero attached hydrogens (tertiary/aromatic N) is 1. The lowest BCUT2D eigenvalue weighted by Gasteiger charge is -2.23. The molecule has 10 N–H and O–H groups in total. The van der Waals surface area contributed by atoms with Gasteiger partial charge in [0.15, 0.2) is 0 Å². The van der Waals surface area contributed by atoms with Crippen LogP contribution in [0.1, 0.15) is 25.0 Å². The molecule has 0 saturated carbocycles. The highest BCUT2D eigenvalue weighted by atomic mass is 16.4. The maximum Gasteiger partial charge on any atom is 0.322 e. The van der Waals surface area contributed by atoms with E-state index in [1.165, 1.54) is 12.5 Å². The second kappa shape index (κ2) is 13.2. The standard InChI is InChI=1S/C17H29N7O6/c18-4-2-1-3-11(19)15(28)23-12(5-10-6-20-9-22-10)17(30)24-13(8-25)16(29)21-7-14(26)27/h6,9,11-13,25H,1-5,7-8,18-19H2,(H,20,22)(H,21,29)(H,23,28)(H,24,30)(H,26,27). The second-order valence-electron chi connectivity index (χ2n) is 6.59. The van der Waals surface area contributed by atoms with Crippen molar-refractivity contribution in [1.29, 1.82) is 0 Å². The van der Waals surface area contributed by atoms with Gasteiger partial charge < -0.3 is 42.6 Å². The first-order valence-corrected chi connectivity index (χ1v) is 9.42. The monoisotopic (exact) mass is 427 g/mol. The topological polar surface area (TPSA) is 226 Å². The number of carbonyl (C=O) groups is 4. The molecule has 0 aliphatic carbocycles. The fourth-order valence-corrected chi connectivity index (χ4v) is 2.50. The molecule has 13 nitrogen and oxygen atoms in total. The van der Waals surface area contributed by atoms with Crippen molar-refractivity contribution in [2.75, 3.05) is 19.7 Å². The van der Waals surface area contributed by atoms with Gasteiger partial charge in [-0.15, -0.1) is 0 Å². The minimum Gasteiger partial charge on any atom is -0.480 e. The number of aliphatic carboxylic acids is 1. The van der Waals surface area contributed by atoms with Crippen LogP contribution in [0.15, 0.2) is 12.5 Å². The van der Waals surface area contributed by atoms with Gasteiger partial charge in [0.25, 0.3) is 0 Å². The molecule has 0 saturated heterocycles. The highest BCUT2D eigenvalue weighted by Gasteiger charge is 2.28. The van der Waals surface area contributed by atoms with Gasteiger partial charge in [-0.2, -0.15) is 0 Å². The lowest BCUT2D eigenvalue weighted by molar-refractivity contribution is -0.139. The number of aromatic nitrogens is 2. The number of carboxylic acids is 1. The fraction of sp³-hybridized carbons (Fsp3) is 0.588. The average molecular weight is 427 g/mol. The van der Waals surface area contributed by atoms with Crippen LogP contribution in [0.2, 0.25) is 0 Å². The summed E-state index contributed by atoms with van der Waals surface area (Å²) in [7, 11) is 0. The summed E-state index contributed by atoms with van der Waals surface area (Å²) in [6, 6.07) is -3.35. The van der Waals surface area contributed by atoms with E-state index in [9.17, 15) is 24.3 Å². The van der Waals surface area contributed by atoms with Gasteiger partial charge in [-0.25, -0.2) is 4.98 Å². The Morgan fingerprint density at radius 2 is 1.80 bits per heavy atom. The summed E-state index contributed by atoms with van der Waals surface area (Å²) < 4.78 is 0. The molecule has 3 amide bonds. The number of hydrogen-bond acceptors (Lipinski definition) is 8. The van der Waals surface area contributed by atoms with Crippen molar-refractivity contribution in [2.45, 2.75) is 43.8 Å². The fourth-order valence-electron chi connectivity index (χ4n) is 2.50. The first-order chi connectivity index (χ1) is 14.3. The van der Waals surface area contributed by atoms with E-state index >= 15 is 0 Å². The molecule has 3 unspecified atom stereocenters. The molecule has 1 heterocycles. The summed E-state index contributed by atoms with van der Waals surface area (Å²) in [5.74, 6) is -3.46. The van der Waals surface area contributed by atoms with E-state index in [2.05, 4.69) is 25.9 Å². The molecule has 30 heavy (non-hydrogen) atoms. The van der Waals surface area contributed by atoms with Crippen molar-refractivity contribution >= 4 is 23.7 Å². The minimum atomic E-state index is -1.39. The normalized spacial score (nSPS) is 13.7. The average Bonchev–Trinajstić information content (AvgIpc) is 3.22. The van der Waals surface area contributed by atoms with Crippen molar-refractivity contribution in [3.8, 4) is 0 Å². The van der Waals surface area contributed by atoms with Gasteiger partial charge in [0.1, 0.15) is 18.6 Å². The number of unbranched alkanes of at least 4 members (excludes halogenated alkanes) is 1. The van der Waals surface area contributed by atoms with Crippen LogP contribution < -0.4 is 27.4 Å². The van der Waals surface area contributed by atoms with E-state index in [4.69, 9.17) is 16.6 Å². The molecule has 3 atom stereocenters. The minimum absolute atomic E-state index is 0.0297. The van der Waals surface area contributed by atoms with Crippen molar-refractivity contribution in [1.82, 2.24) is 25.9 Å². The Hall–Kier alpha value is -3.03. The lowest BCUT2D eigenvalue weighted by Crippen LogP contribution is -2.57. The SMILES string of the molecule is NCCCCC(N)C(=O)NC(Cc1cnc[nH]1)C(=O)NC(CO)C(=O)NCC(=O)O. The van der Waals surface area contributed by atoms with Crippen LogP contribution in [0, 0.1) is 0 Å². The van der Waals surface area contributed by atoms with Gasteiger partial charge in [-0.1, -0.05) is 6.42 Å². The van der Waals surface area contributed by atoms with Gasteiger partial charge in [0.2, 0.25) is 17.7 Å². The number of carboxylic acid groups (broad SMARTS) is 1. The summed E-state index contributed by atoms with van der Waals surface area (Å²) >= 11 is 0. The zero-order chi connectivity index (χ0) is 22.5. The maximum atomic E-state index is 12.7. The molecule has 0 radical (unpaired) electrons. The van der Waals surface area contributed by atoms with Crippen molar-refractivity contribution in [3.05, 3.63) is 18.2 Å². The lowest BCUT2D eigenvalue weighted by atomic mass is 10.1. The number of H-pyrrole nitrogens is 1. The molecule has 1 aromatic heterocycles. The number of imidazole rings is 1. The largest absolute Gasteiger partial charge is 0.480 e. The van der Waals surface area contributed by atoms with Gasteiger partial charge in [-0.3, -0.25) is 19.2 Å². The van der Waals surface area contributed by atoms with Crippen molar-refractivity contribution in [3.63, 3.8) is 0 Å². The summed E-state index contributed by atoms with van der Waals surface area (Å²) in [6.45, 7) is -0.955. The highest BCUT2D eigenvalue weighted by Crippen LogP contribution is 2.03. The number of amides is 3. The molecule has 1 aromatic rings. The number of aliphatic hydroxyl groups excluding tert-OH is 1. The Morgan fingerprint density at radius 1 is 1.10 bits per heavy atom. The van der Waals surface area contributed by atoms with Crippen LogP contribution in [0.25, 0.3) is 0 Å². The number of aromatic amines is 1. The van der Waals surface area contributed by atoms with Crippen LogP contribution in [0.3, 0.4) is 0 Å². The predicted octanol–water partition coefficient (Wildman–Crippen LogP) is -3.43. The number of carbonyl (C=O) groups excluding carboxylic acids is 3. The van der Waals surface area contributed by atoms with Gasteiger partial charge in [-0.05, 0) is 19.4 Å². The first-order valence-electron chi connectivity index (χ1n) is 9.42. The number of aliphatic hydroxyl groups is 1. The van der Waals surface area contributed by atoms with E-state index in [1.54, 1.807) is 0 Å². The smallest absolute Gasteiger partial charge is 0.322 e. The molecule has 1 rings (SSSR count). The zero-order valence-electron chi connectivity index (χ0n) is 16.5. The Bertz CT molecular complexity index is 697. The number of nitrogens with one attached hydrogen (secondary N) is 4. The third kappa shape index (κ3) is 8.98. The third-order valence-electron chi connectivity index (χ3n) is 4.15. The van der Waals surface area contributed by atoms with E-state index < -0.39 is 55.0 Å². The molecule has 168 valence electrons. The Morgan fingerprint density at radius 3 is 2.37 bits per heavy atom. The Kier molecular flexibility index (Phi) is 11.0. The van der Waals surface area contributed by atoms with E-state index in [1.807, 2.05) is 0 Å². The Labute approximate surface area is 173 Å². The molecule has 0 aliphatic heterocycles. The molecular formula is C17H29N7O6. The number of nitrogens with two attached hydrogens (primary N) is 2. The Balaban J connectivity index is 2.79. The van der Waals surface area contributed by atoms with Crippen LogP contribution >= 0.6 is 0 Å². The molecular weight excluding hydrogens is 398 g/mol. The van der Waals surface area contributed by atoms with Crippen LogP contribution in [0.5, 0.6) is 0 Å². The van der Waals surface area contributed by atoms with E-state index in [0.717, 1.165) is 0 Å². The summed E-state index contributed by atoms with van der Waals surface area (Å²) in [5.41, 5.74) is 11.8. The van der Waals surface area contributed by atoms with Crippen molar-refractivity contribution < 1.29 is 29.4 Å². The van der Waals surface area contributed by atoms with E-state index in [-0.39, 0.29) is 6.42 Å². The predicted molar refractivity (Wildman–Crippen MR) is 105 cm³/mol. The molecule has 0 fully saturated rings. The molecule has 0 aliphatic rings. The van der Waals surface area contributed by atoms with Crippen molar-refractivity contribution in [2.24, 2.45) is 11.5 Å². The summed E-state index contributed by atoms with van der Waals surface area (Å²) in [4.78, 5) is 54.2. The van der Waals surface area contributed by atoms with Crippen LogP contribution in [0.4, 0.5) is 0 Å². The van der Waals surface area contributed by atoms with Crippen LogP contribution in [-0.4, -0.2) is 81.7 Å².